The van der Waals surface area contributed by atoms with Crippen molar-refractivity contribution in [3.05, 3.63) is 66.7 Å². The minimum absolute atomic E-state index is 0.104. The number of anilines is 2. The van der Waals surface area contributed by atoms with Crippen LogP contribution in [-0.4, -0.2) is 36.9 Å². The fourth-order valence-electron chi connectivity index (χ4n) is 3.75. The van der Waals surface area contributed by atoms with E-state index in [1.54, 1.807) is 6.20 Å². The quantitative estimate of drug-likeness (QED) is 0.245. The molecule has 172 valence electrons. The second-order valence-electron chi connectivity index (χ2n) is 7.99. The van der Waals surface area contributed by atoms with Crippen LogP contribution in [0.15, 0.2) is 61.2 Å². The highest BCUT2D eigenvalue weighted by Crippen LogP contribution is 2.19. The molecule has 0 saturated carbocycles. The van der Waals surface area contributed by atoms with E-state index >= 15 is 0 Å². The predicted molar refractivity (Wildman–Crippen MR) is 128 cm³/mol. The van der Waals surface area contributed by atoms with Crippen LogP contribution < -0.4 is 5.32 Å². The summed E-state index contributed by atoms with van der Waals surface area (Å²) in [6.07, 6.45) is 12.1. The first-order valence-electron chi connectivity index (χ1n) is 11.5. The number of unbranched alkanes of at least 4 members (excludes halogenated alkanes) is 3. The van der Waals surface area contributed by atoms with Crippen LogP contribution in [0.2, 0.25) is 0 Å². The number of aromatic nitrogens is 5. The molecule has 0 fully saturated rings. The van der Waals surface area contributed by atoms with Gasteiger partial charge in [-0.2, -0.15) is 10.1 Å². The van der Waals surface area contributed by atoms with Crippen LogP contribution in [0, 0.1) is 0 Å². The van der Waals surface area contributed by atoms with Crippen LogP contribution in [0.1, 0.15) is 44.6 Å². The van der Waals surface area contributed by atoms with Crippen molar-refractivity contribution < 1.29 is 9.53 Å². The average molecular weight is 447 g/mol. The highest BCUT2D eigenvalue weighted by molar-refractivity contribution is 5.76. The number of hydrogen-bond donors (Lipinski definition) is 1. The first-order valence-corrected chi connectivity index (χ1v) is 11.5. The zero-order chi connectivity index (χ0) is 22.9. The van der Waals surface area contributed by atoms with Crippen LogP contribution in [0.3, 0.4) is 0 Å². The standard InChI is InChI=1S/C25H30N6O2/c1-2-33-23(32)12-8-3-4-9-14-31-19-22(17-27-31)28-25-26-16-21-13-15-30(24(21)29-25)18-20-10-6-5-7-11-20/h5-7,10-11,13,15-17,19H,2-4,8-9,12,14,18H2,1H3,(H,26,28,29). The lowest BCUT2D eigenvalue weighted by molar-refractivity contribution is -0.143. The summed E-state index contributed by atoms with van der Waals surface area (Å²) in [5, 5.41) is 8.70. The summed E-state index contributed by atoms with van der Waals surface area (Å²) in [6, 6.07) is 12.4. The second kappa shape index (κ2) is 11.3. The lowest BCUT2D eigenvalue weighted by Gasteiger charge is -2.06. The van der Waals surface area contributed by atoms with Crippen LogP contribution in [-0.2, 0) is 22.6 Å². The van der Waals surface area contributed by atoms with E-state index in [0.717, 1.165) is 55.5 Å². The SMILES string of the molecule is CCOC(=O)CCCCCCn1cc(Nc2ncc3ccn(Cc4ccccc4)c3n2)cn1. The number of ether oxygens (including phenoxy) is 1. The highest BCUT2D eigenvalue weighted by Gasteiger charge is 2.08. The first-order chi connectivity index (χ1) is 16.2. The summed E-state index contributed by atoms with van der Waals surface area (Å²) in [7, 11) is 0. The van der Waals surface area contributed by atoms with E-state index < -0.39 is 0 Å². The van der Waals surface area contributed by atoms with Gasteiger partial charge < -0.3 is 14.6 Å². The molecule has 4 rings (SSSR count). The molecule has 3 heterocycles. The van der Waals surface area contributed by atoms with E-state index in [1.807, 2.05) is 54.5 Å². The van der Waals surface area contributed by atoms with Crippen molar-refractivity contribution in [2.45, 2.75) is 52.1 Å². The lowest BCUT2D eigenvalue weighted by Crippen LogP contribution is -2.03. The number of esters is 1. The van der Waals surface area contributed by atoms with Gasteiger partial charge in [-0.05, 0) is 31.4 Å². The van der Waals surface area contributed by atoms with E-state index in [4.69, 9.17) is 9.72 Å². The number of fused-ring (bicyclic) bond motifs is 1. The molecule has 33 heavy (non-hydrogen) atoms. The number of nitrogens with one attached hydrogen (secondary N) is 1. The van der Waals surface area contributed by atoms with Crippen LogP contribution in [0.5, 0.6) is 0 Å². The molecule has 8 heteroatoms. The summed E-state index contributed by atoms with van der Waals surface area (Å²) in [4.78, 5) is 20.5. The Morgan fingerprint density at radius 3 is 2.76 bits per heavy atom. The molecule has 1 aromatic carbocycles. The minimum atomic E-state index is -0.104. The van der Waals surface area contributed by atoms with Gasteiger partial charge in [-0.3, -0.25) is 9.48 Å². The number of benzene rings is 1. The van der Waals surface area contributed by atoms with Crippen molar-refractivity contribution in [1.82, 2.24) is 24.3 Å². The topological polar surface area (TPSA) is 86.9 Å². The Balaban J connectivity index is 1.28. The normalized spacial score (nSPS) is 11.1. The van der Waals surface area contributed by atoms with Gasteiger partial charge in [0.05, 0.1) is 18.5 Å². The third kappa shape index (κ3) is 6.41. The average Bonchev–Trinajstić information content (AvgIpc) is 3.44. The smallest absolute Gasteiger partial charge is 0.305 e. The largest absolute Gasteiger partial charge is 0.466 e. The molecule has 0 amide bonds. The van der Waals surface area contributed by atoms with Crippen molar-refractivity contribution in [3.8, 4) is 0 Å². The van der Waals surface area contributed by atoms with Crippen LogP contribution >= 0.6 is 0 Å². The molecular formula is C25H30N6O2. The number of carbonyl (C=O) groups excluding carboxylic acids is 1. The molecule has 0 unspecified atom stereocenters. The van der Waals surface area contributed by atoms with E-state index in [-0.39, 0.29) is 5.97 Å². The van der Waals surface area contributed by atoms with Crippen LogP contribution in [0.4, 0.5) is 11.6 Å². The van der Waals surface area contributed by atoms with Gasteiger partial charge in [0.15, 0.2) is 0 Å². The molecule has 0 aliphatic carbocycles. The Hall–Kier alpha value is -3.68. The van der Waals surface area contributed by atoms with Gasteiger partial charge >= 0.3 is 5.97 Å². The summed E-state index contributed by atoms with van der Waals surface area (Å²) >= 11 is 0. The van der Waals surface area contributed by atoms with Gasteiger partial charge in [-0.15, -0.1) is 0 Å². The maximum Gasteiger partial charge on any atom is 0.305 e. The second-order valence-corrected chi connectivity index (χ2v) is 7.99. The predicted octanol–water partition coefficient (Wildman–Crippen LogP) is 4.93. The Labute approximate surface area is 193 Å². The van der Waals surface area contributed by atoms with Gasteiger partial charge in [0, 0.05) is 43.5 Å². The van der Waals surface area contributed by atoms with E-state index in [0.29, 0.717) is 19.0 Å². The maximum absolute atomic E-state index is 11.4. The third-order valence-corrected chi connectivity index (χ3v) is 5.41. The van der Waals surface area contributed by atoms with Crippen molar-refractivity contribution >= 4 is 28.6 Å². The molecule has 0 bridgehead atoms. The summed E-state index contributed by atoms with van der Waals surface area (Å²) in [5.74, 6) is 0.446. The van der Waals surface area contributed by atoms with Gasteiger partial charge in [0.2, 0.25) is 5.95 Å². The summed E-state index contributed by atoms with van der Waals surface area (Å²) in [6.45, 7) is 3.88. The minimum Gasteiger partial charge on any atom is -0.466 e. The molecule has 3 aromatic heterocycles. The molecule has 0 radical (unpaired) electrons. The number of carbonyl (C=O) groups is 1. The Morgan fingerprint density at radius 1 is 1.06 bits per heavy atom. The molecule has 0 aliphatic rings. The number of hydrogen-bond acceptors (Lipinski definition) is 6. The molecule has 0 atom stereocenters. The first kappa shape index (κ1) is 22.5. The Morgan fingerprint density at radius 2 is 1.91 bits per heavy atom. The molecule has 1 N–H and O–H groups in total. The van der Waals surface area contributed by atoms with Gasteiger partial charge in [-0.25, -0.2) is 4.98 Å². The summed E-state index contributed by atoms with van der Waals surface area (Å²) in [5.41, 5.74) is 2.98. The number of aryl methyl sites for hydroxylation is 1. The monoisotopic (exact) mass is 446 g/mol. The molecule has 0 aliphatic heterocycles. The number of rotatable bonds is 12. The molecular weight excluding hydrogens is 416 g/mol. The van der Waals surface area contributed by atoms with Gasteiger partial charge in [-0.1, -0.05) is 43.2 Å². The molecule has 4 aromatic rings. The fraction of sp³-hybridized carbons (Fsp3) is 0.360. The van der Waals surface area contributed by atoms with Crippen molar-refractivity contribution in [1.29, 1.82) is 0 Å². The van der Waals surface area contributed by atoms with Gasteiger partial charge in [0.1, 0.15) is 5.65 Å². The van der Waals surface area contributed by atoms with Crippen molar-refractivity contribution in [3.63, 3.8) is 0 Å². The van der Waals surface area contributed by atoms with Crippen molar-refractivity contribution in [2.75, 3.05) is 11.9 Å². The lowest BCUT2D eigenvalue weighted by atomic mass is 10.1. The van der Waals surface area contributed by atoms with E-state index in [9.17, 15) is 4.79 Å². The molecule has 0 spiro atoms. The van der Waals surface area contributed by atoms with Gasteiger partial charge in [0.25, 0.3) is 0 Å². The maximum atomic E-state index is 11.4. The molecule has 8 nitrogen and oxygen atoms in total. The number of nitrogens with zero attached hydrogens (tertiary/aromatic N) is 5. The zero-order valence-corrected chi connectivity index (χ0v) is 19.0. The molecule has 0 saturated heterocycles. The Bertz CT molecular complexity index is 1170. The van der Waals surface area contributed by atoms with Crippen LogP contribution in [0.25, 0.3) is 11.0 Å². The zero-order valence-electron chi connectivity index (χ0n) is 19.0. The fourth-order valence-corrected chi connectivity index (χ4v) is 3.75. The highest BCUT2D eigenvalue weighted by atomic mass is 16.5. The van der Waals surface area contributed by atoms with E-state index in [2.05, 4.69) is 32.1 Å². The Kier molecular flexibility index (Phi) is 7.68. The van der Waals surface area contributed by atoms with Crippen molar-refractivity contribution in [2.24, 2.45) is 0 Å². The third-order valence-electron chi connectivity index (χ3n) is 5.41. The van der Waals surface area contributed by atoms with E-state index in [1.165, 1.54) is 5.56 Å². The summed E-state index contributed by atoms with van der Waals surface area (Å²) < 4.78 is 9.00.